The molecule has 4 heteroatoms. The lowest BCUT2D eigenvalue weighted by Gasteiger charge is -2.39. The number of amides is 1. The van der Waals surface area contributed by atoms with Gasteiger partial charge in [-0.1, -0.05) is 37.3 Å². The lowest BCUT2D eigenvalue weighted by molar-refractivity contribution is 0.0629. The van der Waals surface area contributed by atoms with Gasteiger partial charge in [0, 0.05) is 31.1 Å². The van der Waals surface area contributed by atoms with Gasteiger partial charge in [-0.15, -0.1) is 0 Å². The van der Waals surface area contributed by atoms with Crippen molar-refractivity contribution in [3.63, 3.8) is 0 Å². The fourth-order valence-corrected chi connectivity index (χ4v) is 4.42. The maximum Gasteiger partial charge on any atom is 0.255 e. The molecule has 0 bridgehead atoms. The first-order valence-corrected chi connectivity index (χ1v) is 9.27. The Hall–Kier alpha value is -2.64. The second kappa shape index (κ2) is 6.59. The van der Waals surface area contributed by atoms with Crippen molar-refractivity contribution >= 4 is 5.91 Å². The summed E-state index contributed by atoms with van der Waals surface area (Å²) in [6.45, 7) is 6.38. The van der Waals surface area contributed by atoms with Crippen molar-refractivity contribution < 1.29 is 4.79 Å². The Balaban J connectivity index is 1.78. The zero-order valence-electron chi connectivity index (χ0n) is 15.2. The highest BCUT2D eigenvalue weighted by Crippen LogP contribution is 2.38. The Labute approximate surface area is 154 Å². The minimum absolute atomic E-state index is 0.0952. The van der Waals surface area contributed by atoms with Crippen molar-refractivity contribution in [1.82, 2.24) is 10.2 Å². The quantitative estimate of drug-likeness (QED) is 0.930. The van der Waals surface area contributed by atoms with Crippen LogP contribution in [0.2, 0.25) is 0 Å². The second-order valence-electron chi connectivity index (χ2n) is 7.26. The standard InChI is InChI=1S/C22H23N3O/c1-3-15-8-14(2)21-18(9-15)19-11-24-12-20(19)25(22(21)26)13-17-7-5-4-6-16(17)10-23/h4-9,19-20,24H,3,11-13H2,1-2H3/t19-,20-/m0/s1. The molecule has 26 heavy (non-hydrogen) atoms. The van der Waals surface area contributed by atoms with Crippen molar-refractivity contribution in [2.24, 2.45) is 0 Å². The molecule has 132 valence electrons. The molecule has 0 aromatic heterocycles. The van der Waals surface area contributed by atoms with Crippen molar-refractivity contribution in [1.29, 1.82) is 5.26 Å². The van der Waals surface area contributed by atoms with Gasteiger partial charge in [-0.05, 0) is 41.7 Å². The molecule has 2 aromatic rings. The largest absolute Gasteiger partial charge is 0.329 e. The third-order valence-electron chi connectivity index (χ3n) is 5.77. The first kappa shape index (κ1) is 16.8. The maximum absolute atomic E-state index is 13.4. The molecule has 0 saturated carbocycles. The molecule has 2 heterocycles. The molecule has 4 nitrogen and oxygen atoms in total. The molecule has 1 amide bonds. The van der Waals surface area contributed by atoms with E-state index < -0.39 is 0 Å². The Morgan fingerprint density at radius 1 is 1.27 bits per heavy atom. The smallest absolute Gasteiger partial charge is 0.255 e. The summed E-state index contributed by atoms with van der Waals surface area (Å²) in [6.07, 6.45) is 0.979. The monoisotopic (exact) mass is 345 g/mol. The van der Waals surface area contributed by atoms with Crippen LogP contribution in [0.1, 0.15) is 51.0 Å². The Bertz CT molecular complexity index is 912. The topological polar surface area (TPSA) is 56.1 Å². The highest BCUT2D eigenvalue weighted by molar-refractivity contribution is 5.99. The van der Waals surface area contributed by atoms with Crippen LogP contribution in [-0.4, -0.2) is 29.9 Å². The lowest BCUT2D eigenvalue weighted by atomic mass is 9.81. The molecular formula is C22H23N3O. The lowest BCUT2D eigenvalue weighted by Crippen LogP contribution is -2.48. The summed E-state index contributed by atoms with van der Waals surface area (Å²) in [4.78, 5) is 15.4. The molecule has 4 rings (SSSR count). The van der Waals surface area contributed by atoms with Crippen molar-refractivity contribution in [2.45, 2.75) is 38.8 Å². The van der Waals surface area contributed by atoms with E-state index >= 15 is 0 Å². The molecule has 0 spiro atoms. The molecule has 2 aliphatic heterocycles. The summed E-state index contributed by atoms with van der Waals surface area (Å²) in [5, 5.41) is 12.9. The van der Waals surface area contributed by atoms with E-state index in [9.17, 15) is 10.1 Å². The van der Waals surface area contributed by atoms with Gasteiger partial charge in [0.05, 0.1) is 17.7 Å². The van der Waals surface area contributed by atoms with Crippen LogP contribution in [0, 0.1) is 18.3 Å². The molecule has 1 fully saturated rings. The van der Waals surface area contributed by atoms with Gasteiger partial charge in [-0.3, -0.25) is 4.79 Å². The zero-order chi connectivity index (χ0) is 18.3. The first-order chi connectivity index (χ1) is 12.6. The number of nitrogens with zero attached hydrogens (tertiary/aromatic N) is 2. The number of nitriles is 1. The summed E-state index contributed by atoms with van der Waals surface area (Å²) in [6, 6.07) is 14.3. The van der Waals surface area contributed by atoms with Crippen LogP contribution >= 0.6 is 0 Å². The minimum Gasteiger partial charge on any atom is -0.329 e. The van der Waals surface area contributed by atoms with Crippen molar-refractivity contribution in [2.75, 3.05) is 13.1 Å². The number of carbonyl (C=O) groups is 1. The molecule has 0 unspecified atom stereocenters. The number of rotatable bonds is 3. The van der Waals surface area contributed by atoms with Crippen LogP contribution in [-0.2, 0) is 13.0 Å². The van der Waals surface area contributed by atoms with Crippen LogP contribution in [0.25, 0.3) is 0 Å². The first-order valence-electron chi connectivity index (χ1n) is 9.27. The van der Waals surface area contributed by atoms with Gasteiger partial charge < -0.3 is 10.2 Å². The van der Waals surface area contributed by atoms with Gasteiger partial charge >= 0.3 is 0 Å². The van der Waals surface area contributed by atoms with Crippen LogP contribution in [0.3, 0.4) is 0 Å². The number of carbonyl (C=O) groups excluding carboxylic acids is 1. The van der Waals surface area contributed by atoms with Crippen molar-refractivity contribution in [3.8, 4) is 6.07 Å². The van der Waals surface area contributed by atoms with E-state index in [1.54, 1.807) is 0 Å². The third kappa shape index (κ3) is 2.60. The molecule has 0 aliphatic carbocycles. The predicted octanol–water partition coefficient (Wildman–Crippen LogP) is 3.14. The summed E-state index contributed by atoms with van der Waals surface area (Å²) in [5.41, 5.74) is 5.98. The summed E-state index contributed by atoms with van der Waals surface area (Å²) >= 11 is 0. The van der Waals surface area contributed by atoms with Crippen LogP contribution in [0.5, 0.6) is 0 Å². The maximum atomic E-state index is 13.4. The van der Waals surface area contributed by atoms with Crippen LogP contribution in [0.15, 0.2) is 36.4 Å². The minimum atomic E-state index is 0.0952. The van der Waals surface area contributed by atoms with E-state index in [2.05, 4.69) is 30.4 Å². The Morgan fingerprint density at radius 3 is 2.85 bits per heavy atom. The molecule has 1 saturated heterocycles. The molecule has 2 aliphatic rings. The highest BCUT2D eigenvalue weighted by atomic mass is 16.2. The number of hydrogen-bond donors (Lipinski definition) is 1. The summed E-state index contributed by atoms with van der Waals surface area (Å²) < 4.78 is 0. The fraction of sp³-hybridized carbons (Fsp3) is 0.364. The Morgan fingerprint density at radius 2 is 2.08 bits per heavy atom. The SMILES string of the molecule is CCc1cc(C)c2c(c1)[C@@H]1CNC[C@@H]1N(Cc1ccccc1C#N)C2=O. The molecule has 1 N–H and O–H groups in total. The number of nitrogens with one attached hydrogen (secondary N) is 1. The van der Waals surface area contributed by atoms with Crippen LogP contribution < -0.4 is 5.32 Å². The van der Waals surface area contributed by atoms with E-state index in [0.717, 1.165) is 36.2 Å². The Kier molecular flexibility index (Phi) is 4.26. The van der Waals surface area contributed by atoms with Gasteiger partial charge in [-0.2, -0.15) is 5.26 Å². The predicted molar refractivity (Wildman–Crippen MR) is 101 cm³/mol. The molecule has 0 radical (unpaired) electrons. The van der Waals surface area contributed by atoms with Gasteiger partial charge in [0.15, 0.2) is 0 Å². The normalized spacial score (nSPS) is 21.3. The van der Waals surface area contributed by atoms with Crippen LogP contribution in [0.4, 0.5) is 0 Å². The second-order valence-corrected chi connectivity index (χ2v) is 7.26. The molecule has 2 aromatic carbocycles. The fourth-order valence-electron chi connectivity index (χ4n) is 4.42. The molecule has 2 atom stereocenters. The van der Waals surface area contributed by atoms with Gasteiger partial charge in [0.2, 0.25) is 0 Å². The van der Waals surface area contributed by atoms with E-state index in [4.69, 9.17) is 0 Å². The van der Waals surface area contributed by atoms with E-state index in [1.165, 1.54) is 11.1 Å². The number of hydrogen-bond acceptors (Lipinski definition) is 3. The number of benzene rings is 2. The van der Waals surface area contributed by atoms with Gasteiger partial charge in [0.1, 0.15) is 0 Å². The number of fused-ring (bicyclic) bond motifs is 3. The van der Waals surface area contributed by atoms with E-state index in [-0.39, 0.29) is 11.9 Å². The summed E-state index contributed by atoms with van der Waals surface area (Å²) in [7, 11) is 0. The van der Waals surface area contributed by atoms with E-state index in [0.29, 0.717) is 18.0 Å². The zero-order valence-corrected chi connectivity index (χ0v) is 15.2. The highest BCUT2D eigenvalue weighted by Gasteiger charge is 2.43. The van der Waals surface area contributed by atoms with E-state index in [1.807, 2.05) is 36.1 Å². The summed E-state index contributed by atoms with van der Waals surface area (Å²) in [5.74, 6) is 0.417. The average molecular weight is 345 g/mol. The molecular weight excluding hydrogens is 322 g/mol. The van der Waals surface area contributed by atoms with Gasteiger partial charge in [0.25, 0.3) is 5.91 Å². The third-order valence-corrected chi connectivity index (χ3v) is 5.77. The average Bonchev–Trinajstić information content (AvgIpc) is 3.14. The number of aryl methyl sites for hydroxylation is 2. The van der Waals surface area contributed by atoms with Crippen molar-refractivity contribution in [3.05, 3.63) is 69.8 Å². The van der Waals surface area contributed by atoms with Gasteiger partial charge in [-0.25, -0.2) is 0 Å².